The van der Waals surface area contributed by atoms with Crippen molar-refractivity contribution in [2.75, 3.05) is 25.3 Å². The van der Waals surface area contributed by atoms with Crippen LogP contribution in [0.15, 0.2) is 24.3 Å². The minimum Gasteiger partial charge on any atom is -0.495 e. The molecule has 0 aliphatic heterocycles. The van der Waals surface area contributed by atoms with Crippen LogP contribution in [0.3, 0.4) is 0 Å². The summed E-state index contributed by atoms with van der Waals surface area (Å²) < 4.78 is 21.6. The van der Waals surface area contributed by atoms with Crippen LogP contribution < -0.4 is 10.1 Å². The maximum absolute atomic E-state index is 12.0. The zero-order chi connectivity index (χ0) is 15.8. The lowest BCUT2D eigenvalue weighted by Crippen LogP contribution is -2.26. The van der Waals surface area contributed by atoms with Gasteiger partial charge in [0.1, 0.15) is 11.5 Å². The van der Waals surface area contributed by atoms with Gasteiger partial charge in [0.15, 0.2) is 0 Å². The predicted molar refractivity (Wildman–Crippen MR) is 80.7 cm³/mol. The van der Waals surface area contributed by atoms with Crippen molar-refractivity contribution in [2.45, 2.75) is 18.6 Å². The van der Waals surface area contributed by atoms with Crippen LogP contribution in [0, 0.1) is 0 Å². The number of ether oxygens (including phenoxy) is 2. The first-order valence-corrected chi connectivity index (χ1v) is 7.73. The van der Waals surface area contributed by atoms with Gasteiger partial charge in [-0.2, -0.15) is 0 Å². The predicted octanol–water partition coefficient (Wildman–Crippen LogP) is 1.33. The van der Waals surface area contributed by atoms with Crippen molar-refractivity contribution in [1.29, 1.82) is 0 Å². The SMILES string of the molecule is COC(=O)CC(C)S(=O)CC(=O)Nc1ccccc1OC. The molecule has 2 unspecified atom stereocenters. The molecule has 1 rings (SSSR count). The zero-order valence-electron chi connectivity index (χ0n) is 12.3. The average Bonchev–Trinajstić information content (AvgIpc) is 2.47. The van der Waals surface area contributed by atoms with Crippen LogP contribution in [0.25, 0.3) is 0 Å². The topological polar surface area (TPSA) is 81.7 Å². The molecular formula is C14H19NO5S. The summed E-state index contributed by atoms with van der Waals surface area (Å²) in [6.07, 6.45) is 0.0189. The minimum absolute atomic E-state index is 0.0189. The van der Waals surface area contributed by atoms with Crippen molar-refractivity contribution >= 4 is 28.4 Å². The van der Waals surface area contributed by atoms with Gasteiger partial charge in [0.25, 0.3) is 0 Å². The molecule has 0 aliphatic rings. The smallest absolute Gasteiger partial charge is 0.306 e. The van der Waals surface area contributed by atoms with E-state index in [1.807, 2.05) is 0 Å². The van der Waals surface area contributed by atoms with Gasteiger partial charge in [-0.1, -0.05) is 19.1 Å². The van der Waals surface area contributed by atoms with Crippen LogP contribution in [0.4, 0.5) is 5.69 Å². The van der Waals surface area contributed by atoms with E-state index < -0.39 is 27.9 Å². The van der Waals surface area contributed by atoms with E-state index in [1.165, 1.54) is 14.2 Å². The molecule has 0 heterocycles. The molecule has 0 aromatic heterocycles. The van der Waals surface area contributed by atoms with Crippen LogP contribution in [0.2, 0.25) is 0 Å². The minimum atomic E-state index is -1.45. The Hall–Kier alpha value is -1.89. The highest BCUT2D eigenvalue weighted by Gasteiger charge is 2.19. The highest BCUT2D eigenvalue weighted by Crippen LogP contribution is 2.22. The summed E-state index contributed by atoms with van der Waals surface area (Å²) in [5.41, 5.74) is 0.516. The van der Waals surface area contributed by atoms with Crippen LogP contribution in [-0.2, 0) is 25.1 Å². The Morgan fingerprint density at radius 1 is 1.29 bits per heavy atom. The van der Waals surface area contributed by atoms with E-state index in [4.69, 9.17) is 4.74 Å². The molecule has 1 amide bonds. The molecule has 0 saturated heterocycles. The molecule has 0 aliphatic carbocycles. The van der Waals surface area contributed by atoms with Gasteiger partial charge in [0.2, 0.25) is 5.91 Å². The molecule has 0 saturated carbocycles. The quantitative estimate of drug-likeness (QED) is 0.768. The summed E-state index contributed by atoms with van der Waals surface area (Å²) in [5, 5.41) is 2.20. The first kappa shape index (κ1) is 17.2. The number of anilines is 1. The maximum atomic E-state index is 12.0. The molecule has 0 spiro atoms. The van der Waals surface area contributed by atoms with E-state index in [9.17, 15) is 13.8 Å². The Morgan fingerprint density at radius 2 is 1.95 bits per heavy atom. The van der Waals surface area contributed by atoms with Crippen LogP contribution in [0.5, 0.6) is 5.75 Å². The third-order valence-corrected chi connectivity index (χ3v) is 4.40. The number of nitrogens with one attached hydrogen (secondary N) is 1. The molecule has 0 bridgehead atoms. The molecule has 1 N–H and O–H groups in total. The summed E-state index contributed by atoms with van der Waals surface area (Å²) in [6, 6.07) is 6.95. The lowest BCUT2D eigenvalue weighted by atomic mass is 10.3. The first-order chi connectivity index (χ1) is 9.97. The van der Waals surface area contributed by atoms with Gasteiger partial charge in [-0.3, -0.25) is 13.8 Å². The highest BCUT2D eigenvalue weighted by atomic mass is 32.2. The normalized spacial score (nSPS) is 13.1. The number of methoxy groups -OCH3 is 2. The number of esters is 1. The Kier molecular flexibility index (Phi) is 6.87. The van der Waals surface area contributed by atoms with Crippen molar-refractivity contribution < 1.29 is 23.3 Å². The summed E-state index contributed by atoms with van der Waals surface area (Å²) in [7, 11) is 1.32. The van der Waals surface area contributed by atoms with E-state index in [0.717, 1.165) is 0 Å². The molecule has 1 aromatic rings. The van der Waals surface area contributed by atoms with Gasteiger partial charge in [0, 0.05) is 16.0 Å². The number of hydrogen-bond donors (Lipinski definition) is 1. The molecular weight excluding hydrogens is 294 g/mol. The second kappa shape index (κ2) is 8.41. The lowest BCUT2D eigenvalue weighted by molar-refractivity contribution is -0.140. The monoisotopic (exact) mass is 313 g/mol. The zero-order valence-corrected chi connectivity index (χ0v) is 13.1. The fourth-order valence-electron chi connectivity index (χ4n) is 1.62. The van der Waals surface area contributed by atoms with Gasteiger partial charge in [-0.15, -0.1) is 0 Å². The Balaban J connectivity index is 2.57. The van der Waals surface area contributed by atoms with Gasteiger partial charge in [0.05, 0.1) is 26.3 Å². The largest absolute Gasteiger partial charge is 0.495 e. The first-order valence-electron chi connectivity index (χ1n) is 6.34. The van der Waals surface area contributed by atoms with Crippen molar-refractivity contribution in [3.8, 4) is 5.75 Å². The van der Waals surface area contributed by atoms with E-state index in [1.54, 1.807) is 31.2 Å². The number of hydrogen-bond acceptors (Lipinski definition) is 5. The summed E-state index contributed by atoms with van der Waals surface area (Å²) in [5.74, 6) is -0.495. The number of para-hydroxylation sites is 2. The molecule has 2 atom stereocenters. The van der Waals surface area contributed by atoms with E-state index in [0.29, 0.717) is 11.4 Å². The summed E-state index contributed by atoms with van der Waals surface area (Å²) >= 11 is 0. The Bertz CT molecular complexity index is 532. The number of carbonyl (C=O) groups is 2. The van der Waals surface area contributed by atoms with Gasteiger partial charge in [-0.25, -0.2) is 0 Å². The third kappa shape index (κ3) is 5.55. The number of rotatable bonds is 7. The summed E-state index contributed by atoms with van der Waals surface area (Å²) in [6.45, 7) is 1.64. The molecule has 1 aromatic carbocycles. The van der Waals surface area contributed by atoms with Gasteiger partial charge in [-0.05, 0) is 12.1 Å². The average molecular weight is 313 g/mol. The van der Waals surface area contributed by atoms with Crippen molar-refractivity contribution in [3.63, 3.8) is 0 Å². The number of carbonyl (C=O) groups excluding carboxylic acids is 2. The van der Waals surface area contributed by atoms with Crippen molar-refractivity contribution in [2.24, 2.45) is 0 Å². The second-order valence-corrected chi connectivity index (χ2v) is 6.22. The summed E-state index contributed by atoms with van der Waals surface area (Å²) in [4.78, 5) is 23.0. The Labute approximate surface area is 126 Å². The maximum Gasteiger partial charge on any atom is 0.306 e. The third-order valence-electron chi connectivity index (χ3n) is 2.78. The van der Waals surface area contributed by atoms with Crippen LogP contribution >= 0.6 is 0 Å². The molecule has 6 nitrogen and oxygen atoms in total. The number of amides is 1. The molecule has 21 heavy (non-hydrogen) atoms. The van der Waals surface area contributed by atoms with Crippen molar-refractivity contribution in [3.05, 3.63) is 24.3 Å². The van der Waals surface area contributed by atoms with E-state index >= 15 is 0 Å². The molecule has 7 heteroatoms. The van der Waals surface area contributed by atoms with E-state index in [-0.39, 0.29) is 12.2 Å². The van der Waals surface area contributed by atoms with Crippen LogP contribution in [-0.4, -0.2) is 41.3 Å². The standard InChI is InChI=1S/C14H19NO5S/c1-10(8-14(17)20-3)21(18)9-13(16)15-11-6-4-5-7-12(11)19-2/h4-7,10H,8-9H2,1-3H3,(H,15,16). The molecule has 0 radical (unpaired) electrons. The Morgan fingerprint density at radius 3 is 2.57 bits per heavy atom. The van der Waals surface area contributed by atoms with E-state index in [2.05, 4.69) is 10.1 Å². The van der Waals surface area contributed by atoms with Gasteiger partial charge < -0.3 is 14.8 Å². The fourth-order valence-corrected chi connectivity index (χ4v) is 2.55. The molecule has 0 fully saturated rings. The van der Waals surface area contributed by atoms with Crippen LogP contribution in [0.1, 0.15) is 13.3 Å². The van der Waals surface area contributed by atoms with Crippen molar-refractivity contribution in [1.82, 2.24) is 0 Å². The number of benzene rings is 1. The van der Waals surface area contributed by atoms with Gasteiger partial charge >= 0.3 is 5.97 Å². The molecule has 116 valence electrons. The highest BCUT2D eigenvalue weighted by molar-refractivity contribution is 7.86. The second-order valence-electron chi connectivity index (χ2n) is 4.36. The lowest BCUT2D eigenvalue weighted by Gasteiger charge is -2.12. The fraction of sp³-hybridized carbons (Fsp3) is 0.429.